The second-order valence-corrected chi connectivity index (χ2v) is 3.79. The third kappa shape index (κ3) is 1.23. The number of rotatable bonds is 2. The van der Waals surface area contributed by atoms with Crippen LogP contribution in [0, 0.1) is 0 Å². The number of thiophene rings is 1. The van der Waals surface area contributed by atoms with E-state index in [1.54, 1.807) is 11.3 Å². The van der Waals surface area contributed by atoms with E-state index in [0.29, 0.717) is 0 Å². The van der Waals surface area contributed by atoms with Crippen LogP contribution in [0.1, 0.15) is 19.0 Å². The van der Waals surface area contributed by atoms with E-state index in [9.17, 15) is 0 Å². The minimum atomic E-state index is 1.09. The molecule has 0 aromatic carbocycles. The summed E-state index contributed by atoms with van der Waals surface area (Å²) in [6.45, 7) is 2.19. The van der Waals surface area contributed by atoms with Gasteiger partial charge in [0.05, 0.1) is 0 Å². The van der Waals surface area contributed by atoms with E-state index in [0.717, 1.165) is 6.42 Å². The molecule has 2 aromatic heterocycles. The fraction of sp³-hybridized carbons (Fsp3) is 0.300. The monoisotopic (exact) mass is 177 g/mol. The first-order valence-corrected chi connectivity index (χ1v) is 5.11. The summed E-state index contributed by atoms with van der Waals surface area (Å²) in [5.41, 5.74) is 1.25. The number of hydrogen-bond acceptors (Lipinski definition) is 2. The maximum absolute atomic E-state index is 4.38. The lowest BCUT2D eigenvalue weighted by atomic mass is 10.2. The molecule has 62 valence electrons. The molecular weight excluding hydrogens is 166 g/mol. The number of nitrogens with zero attached hydrogens (tertiary/aromatic N) is 1. The van der Waals surface area contributed by atoms with Crippen LogP contribution in [0.5, 0.6) is 0 Å². The normalized spacial score (nSPS) is 10.8. The van der Waals surface area contributed by atoms with Gasteiger partial charge in [-0.25, -0.2) is 0 Å². The van der Waals surface area contributed by atoms with Gasteiger partial charge in [0.1, 0.15) is 0 Å². The molecule has 0 spiro atoms. The first-order chi connectivity index (χ1) is 5.92. The number of hydrogen-bond donors (Lipinski definition) is 0. The predicted octanol–water partition coefficient (Wildman–Crippen LogP) is 3.25. The fourth-order valence-corrected chi connectivity index (χ4v) is 2.19. The van der Waals surface area contributed by atoms with Crippen LogP contribution < -0.4 is 0 Å². The molecule has 2 aromatic rings. The topological polar surface area (TPSA) is 12.9 Å². The molecular formula is C10H11NS. The highest BCUT2D eigenvalue weighted by Crippen LogP contribution is 2.22. The molecule has 0 fully saturated rings. The van der Waals surface area contributed by atoms with Gasteiger partial charge >= 0.3 is 0 Å². The molecule has 0 aliphatic carbocycles. The first kappa shape index (κ1) is 7.74. The summed E-state index contributed by atoms with van der Waals surface area (Å²) in [4.78, 5) is 4.38. The lowest BCUT2D eigenvalue weighted by Gasteiger charge is -1.98. The number of aryl methyl sites for hydroxylation is 1. The Bertz CT molecular complexity index is 378. The molecule has 2 heteroatoms. The largest absolute Gasteiger partial charge is 0.261 e. The summed E-state index contributed by atoms with van der Waals surface area (Å²) in [6.07, 6.45) is 4.17. The van der Waals surface area contributed by atoms with E-state index in [1.165, 1.54) is 22.2 Å². The first-order valence-electron chi connectivity index (χ1n) is 4.23. The standard InChI is InChI=1S/C10H11NS/c1-2-3-9-8-5-7-12-10(8)4-6-11-9/h4-7H,2-3H2,1H3. The molecule has 0 saturated carbocycles. The van der Waals surface area contributed by atoms with Gasteiger partial charge in [0, 0.05) is 22.0 Å². The Kier molecular flexibility index (Phi) is 2.09. The van der Waals surface area contributed by atoms with Crippen molar-refractivity contribution in [3.63, 3.8) is 0 Å². The van der Waals surface area contributed by atoms with Gasteiger partial charge < -0.3 is 0 Å². The third-order valence-corrected chi connectivity index (χ3v) is 2.83. The molecule has 2 heterocycles. The molecule has 0 atom stereocenters. The number of aromatic nitrogens is 1. The van der Waals surface area contributed by atoms with Crippen molar-refractivity contribution in [3.05, 3.63) is 29.4 Å². The maximum Gasteiger partial charge on any atom is 0.0490 e. The number of fused-ring (bicyclic) bond motifs is 1. The Morgan fingerprint density at radius 1 is 1.42 bits per heavy atom. The van der Waals surface area contributed by atoms with E-state index in [2.05, 4.69) is 29.4 Å². The summed E-state index contributed by atoms with van der Waals surface area (Å²) in [7, 11) is 0. The lowest BCUT2D eigenvalue weighted by Crippen LogP contribution is -1.87. The van der Waals surface area contributed by atoms with Gasteiger partial charge in [-0.1, -0.05) is 13.3 Å². The van der Waals surface area contributed by atoms with E-state index in [1.807, 2.05) is 6.20 Å². The third-order valence-electron chi connectivity index (χ3n) is 1.95. The SMILES string of the molecule is CCCc1nccc2sccc12. The van der Waals surface area contributed by atoms with Gasteiger partial charge in [-0.3, -0.25) is 4.98 Å². The zero-order chi connectivity index (χ0) is 8.39. The van der Waals surface area contributed by atoms with Crippen LogP contribution in [0.25, 0.3) is 10.1 Å². The Balaban J connectivity index is 2.57. The summed E-state index contributed by atoms with van der Waals surface area (Å²) in [5, 5.41) is 3.47. The fourth-order valence-electron chi connectivity index (χ4n) is 1.39. The van der Waals surface area contributed by atoms with Crippen LogP contribution in [-0.2, 0) is 6.42 Å². The smallest absolute Gasteiger partial charge is 0.0490 e. The van der Waals surface area contributed by atoms with Crippen LogP contribution in [0.4, 0.5) is 0 Å². The highest BCUT2D eigenvalue weighted by molar-refractivity contribution is 7.17. The summed E-state index contributed by atoms with van der Waals surface area (Å²) in [6, 6.07) is 4.25. The van der Waals surface area contributed by atoms with Gasteiger partial charge in [0.25, 0.3) is 0 Å². The molecule has 0 radical (unpaired) electrons. The van der Waals surface area contributed by atoms with Crippen LogP contribution in [0.15, 0.2) is 23.7 Å². The number of pyridine rings is 1. The Morgan fingerprint density at radius 2 is 2.33 bits per heavy atom. The summed E-state index contributed by atoms with van der Waals surface area (Å²) >= 11 is 1.79. The van der Waals surface area contributed by atoms with Crippen LogP contribution in [0.3, 0.4) is 0 Å². The lowest BCUT2D eigenvalue weighted by molar-refractivity contribution is 0.894. The molecule has 0 aliphatic heterocycles. The molecule has 12 heavy (non-hydrogen) atoms. The average Bonchev–Trinajstić information content (AvgIpc) is 2.53. The van der Waals surface area contributed by atoms with Crippen molar-refractivity contribution in [2.75, 3.05) is 0 Å². The van der Waals surface area contributed by atoms with Crippen molar-refractivity contribution < 1.29 is 0 Å². The van der Waals surface area contributed by atoms with Crippen LogP contribution in [0.2, 0.25) is 0 Å². The highest BCUT2D eigenvalue weighted by atomic mass is 32.1. The Morgan fingerprint density at radius 3 is 3.17 bits per heavy atom. The molecule has 0 bridgehead atoms. The second-order valence-electron chi connectivity index (χ2n) is 2.84. The van der Waals surface area contributed by atoms with E-state index in [4.69, 9.17) is 0 Å². The molecule has 1 nitrogen and oxygen atoms in total. The van der Waals surface area contributed by atoms with Gasteiger partial charge in [0.15, 0.2) is 0 Å². The summed E-state index contributed by atoms with van der Waals surface area (Å²) < 4.78 is 1.36. The molecule has 0 unspecified atom stereocenters. The van der Waals surface area contributed by atoms with Crippen LogP contribution >= 0.6 is 11.3 Å². The van der Waals surface area contributed by atoms with Crippen molar-refractivity contribution in [2.24, 2.45) is 0 Å². The molecule has 0 N–H and O–H groups in total. The minimum absolute atomic E-state index is 1.09. The Hall–Kier alpha value is -0.890. The van der Waals surface area contributed by atoms with Crippen molar-refractivity contribution in [2.45, 2.75) is 19.8 Å². The molecule has 0 amide bonds. The molecule has 2 rings (SSSR count). The zero-order valence-electron chi connectivity index (χ0n) is 7.08. The van der Waals surface area contributed by atoms with Gasteiger partial charge in [0.2, 0.25) is 0 Å². The van der Waals surface area contributed by atoms with Crippen molar-refractivity contribution in [1.82, 2.24) is 4.98 Å². The average molecular weight is 177 g/mol. The van der Waals surface area contributed by atoms with Gasteiger partial charge in [-0.15, -0.1) is 11.3 Å². The highest BCUT2D eigenvalue weighted by Gasteiger charge is 2.00. The van der Waals surface area contributed by atoms with E-state index in [-0.39, 0.29) is 0 Å². The minimum Gasteiger partial charge on any atom is -0.261 e. The second kappa shape index (κ2) is 3.23. The zero-order valence-corrected chi connectivity index (χ0v) is 7.90. The quantitative estimate of drug-likeness (QED) is 0.686. The van der Waals surface area contributed by atoms with Gasteiger partial charge in [-0.05, 0) is 23.9 Å². The predicted molar refractivity (Wildman–Crippen MR) is 53.6 cm³/mol. The molecule has 0 saturated heterocycles. The van der Waals surface area contributed by atoms with E-state index >= 15 is 0 Å². The molecule has 0 aliphatic rings. The Labute approximate surface area is 76.1 Å². The van der Waals surface area contributed by atoms with Crippen molar-refractivity contribution in [3.8, 4) is 0 Å². The van der Waals surface area contributed by atoms with Crippen LogP contribution in [-0.4, -0.2) is 4.98 Å². The summed E-state index contributed by atoms with van der Waals surface area (Å²) in [5.74, 6) is 0. The maximum atomic E-state index is 4.38. The van der Waals surface area contributed by atoms with E-state index < -0.39 is 0 Å². The van der Waals surface area contributed by atoms with Gasteiger partial charge in [-0.2, -0.15) is 0 Å². The van der Waals surface area contributed by atoms with Crippen molar-refractivity contribution in [1.29, 1.82) is 0 Å². The van der Waals surface area contributed by atoms with Crippen molar-refractivity contribution >= 4 is 21.4 Å².